The van der Waals surface area contributed by atoms with E-state index in [-0.39, 0.29) is 17.5 Å². The number of halogens is 1. The summed E-state index contributed by atoms with van der Waals surface area (Å²) in [5.74, 6) is 4.92. The van der Waals surface area contributed by atoms with Crippen LogP contribution in [0, 0.1) is 0 Å². The highest BCUT2D eigenvalue weighted by atomic mass is 79.9. The molecule has 0 aliphatic rings. The maximum atomic E-state index is 11.7. The summed E-state index contributed by atoms with van der Waals surface area (Å²) >= 11 is 3.23. The van der Waals surface area contributed by atoms with E-state index in [1.807, 2.05) is 0 Å². The molecule has 0 heterocycles. The Balaban J connectivity index is 2.74. The van der Waals surface area contributed by atoms with Crippen LogP contribution in [0.4, 0.5) is 0 Å². The summed E-state index contributed by atoms with van der Waals surface area (Å²) in [6.07, 6.45) is -0.370. The van der Waals surface area contributed by atoms with Gasteiger partial charge in [-0.25, -0.2) is 19.0 Å². The Kier molecular flexibility index (Phi) is 4.88. The number of nitrogens with one attached hydrogen (secondary N) is 1. The van der Waals surface area contributed by atoms with Gasteiger partial charge in [0.15, 0.2) is 0 Å². The van der Waals surface area contributed by atoms with Crippen LogP contribution >= 0.6 is 15.9 Å². The Morgan fingerprint density at radius 3 is 2.50 bits per heavy atom. The van der Waals surface area contributed by atoms with Gasteiger partial charge in [0.05, 0.1) is 11.0 Å². The molecule has 7 heteroatoms. The van der Waals surface area contributed by atoms with Crippen LogP contribution in [0.5, 0.6) is 0 Å². The zero-order valence-corrected chi connectivity index (χ0v) is 11.1. The first-order valence-electron chi connectivity index (χ1n) is 4.56. The van der Waals surface area contributed by atoms with Gasteiger partial charge < -0.3 is 4.84 Å². The predicted molar refractivity (Wildman–Crippen MR) is 64.1 cm³/mol. The summed E-state index contributed by atoms with van der Waals surface area (Å²) < 4.78 is 26.7. The van der Waals surface area contributed by atoms with Crippen molar-refractivity contribution in [3.05, 3.63) is 28.7 Å². The highest BCUT2D eigenvalue weighted by molar-refractivity contribution is 9.10. The molecule has 1 rings (SSSR count). The van der Waals surface area contributed by atoms with Crippen molar-refractivity contribution in [3.63, 3.8) is 0 Å². The molecule has 0 bridgehead atoms. The fraction of sp³-hybridized carbons (Fsp3) is 0.333. The molecule has 1 atom stereocenters. The summed E-state index contributed by atoms with van der Waals surface area (Å²) in [6, 6.07) is 6.36. The van der Waals surface area contributed by atoms with Crippen molar-refractivity contribution < 1.29 is 13.3 Å². The summed E-state index contributed by atoms with van der Waals surface area (Å²) in [5.41, 5.74) is 0. The second-order valence-electron chi connectivity index (χ2n) is 3.25. The topological polar surface area (TPSA) is 81.4 Å². The fourth-order valence-electron chi connectivity index (χ4n) is 0.972. The second-order valence-corrected chi connectivity index (χ2v) is 5.94. The third kappa shape index (κ3) is 3.84. The van der Waals surface area contributed by atoms with E-state index in [1.54, 1.807) is 19.1 Å². The Hall–Kier alpha value is -0.470. The van der Waals surface area contributed by atoms with E-state index in [0.29, 0.717) is 0 Å². The molecule has 0 saturated heterocycles. The van der Waals surface area contributed by atoms with Crippen molar-refractivity contribution in [1.29, 1.82) is 0 Å². The zero-order chi connectivity index (χ0) is 12.2. The van der Waals surface area contributed by atoms with Gasteiger partial charge in [-0.3, -0.25) is 0 Å². The van der Waals surface area contributed by atoms with Crippen LogP contribution in [0.3, 0.4) is 0 Å². The van der Waals surface area contributed by atoms with Gasteiger partial charge in [-0.2, -0.15) is 0 Å². The highest BCUT2D eigenvalue weighted by Crippen LogP contribution is 2.14. The van der Waals surface area contributed by atoms with E-state index >= 15 is 0 Å². The second kappa shape index (κ2) is 5.74. The molecule has 1 unspecified atom stereocenters. The molecule has 0 saturated carbocycles. The highest BCUT2D eigenvalue weighted by Gasteiger charge is 2.14. The third-order valence-electron chi connectivity index (χ3n) is 1.92. The first-order valence-corrected chi connectivity index (χ1v) is 6.84. The monoisotopic (exact) mass is 308 g/mol. The molecule has 16 heavy (non-hydrogen) atoms. The molecule has 0 aliphatic carbocycles. The Morgan fingerprint density at radius 1 is 1.44 bits per heavy atom. The zero-order valence-electron chi connectivity index (χ0n) is 8.68. The Morgan fingerprint density at radius 2 is 2.00 bits per heavy atom. The van der Waals surface area contributed by atoms with Gasteiger partial charge in [-0.15, -0.1) is 0 Å². The van der Waals surface area contributed by atoms with Crippen LogP contribution in [0.2, 0.25) is 0 Å². The van der Waals surface area contributed by atoms with E-state index in [4.69, 9.17) is 5.90 Å². The third-order valence-corrected chi connectivity index (χ3v) is 3.89. The van der Waals surface area contributed by atoms with E-state index in [1.165, 1.54) is 12.1 Å². The fourth-order valence-corrected chi connectivity index (χ4v) is 2.35. The quantitative estimate of drug-likeness (QED) is 0.795. The minimum atomic E-state index is -3.49. The number of hydrogen-bond donors (Lipinski definition) is 2. The number of nitrogens with two attached hydrogens (primary N) is 1. The lowest BCUT2D eigenvalue weighted by Gasteiger charge is -2.10. The van der Waals surface area contributed by atoms with Crippen molar-refractivity contribution in [1.82, 2.24) is 4.72 Å². The lowest BCUT2D eigenvalue weighted by atomic mass is 10.4. The Labute approximate surface area is 103 Å². The summed E-state index contributed by atoms with van der Waals surface area (Å²) in [7, 11) is -3.49. The molecule has 1 aromatic rings. The first kappa shape index (κ1) is 13.6. The van der Waals surface area contributed by atoms with Gasteiger partial charge in [0.1, 0.15) is 0 Å². The maximum Gasteiger partial charge on any atom is 0.240 e. The molecular weight excluding hydrogens is 296 g/mol. The number of hydrogen-bond acceptors (Lipinski definition) is 4. The van der Waals surface area contributed by atoms with Gasteiger partial charge in [0.25, 0.3) is 0 Å². The minimum Gasteiger partial charge on any atom is -0.300 e. The van der Waals surface area contributed by atoms with Gasteiger partial charge in [-0.1, -0.05) is 15.9 Å². The minimum absolute atomic E-state index is 0.134. The van der Waals surface area contributed by atoms with E-state index in [0.717, 1.165) is 4.47 Å². The van der Waals surface area contributed by atoms with Crippen LogP contribution in [0.1, 0.15) is 6.92 Å². The summed E-state index contributed by atoms with van der Waals surface area (Å²) in [4.78, 5) is 4.67. The molecule has 0 radical (unpaired) electrons. The van der Waals surface area contributed by atoms with Crippen molar-refractivity contribution in [2.75, 3.05) is 6.54 Å². The SMILES string of the molecule is CC(CNS(=O)(=O)c1ccc(Br)cc1)ON. The van der Waals surface area contributed by atoms with Crippen molar-refractivity contribution in [2.24, 2.45) is 5.90 Å². The van der Waals surface area contributed by atoms with Gasteiger partial charge in [0.2, 0.25) is 10.0 Å². The predicted octanol–water partition coefficient (Wildman–Crippen LogP) is 1.01. The molecule has 90 valence electrons. The molecule has 3 N–H and O–H groups in total. The normalized spacial score (nSPS) is 13.7. The summed E-state index contributed by atoms with van der Waals surface area (Å²) in [6.45, 7) is 1.80. The first-order chi connectivity index (χ1) is 7.45. The molecule has 1 aromatic carbocycles. The molecule has 0 amide bonds. The molecule has 0 aliphatic heterocycles. The van der Waals surface area contributed by atoms with Crippen LogP contribution < -0.4 is 10.6 Å². The van der Waals surface area contributed by atoms with Crippen molar-refractivity contribution in [3.8, 4) is 0 Å². The van der Waals surface area contributed by atoms with Crippen LogP contribution in [0.25, 0.3) is 0 Å². The lowest BCUT2D eigenvalue weighted by molar-refractivity contribution is 0.0702. The number of sulfonamides is 1. The van der Waals surface area contributed by atoms with Crippen LogP contribution in [-0.4, -0.2) is 21.1 Å². The van der Waals surface area contributed by atoms with Crippen LogP contribution in [0.15, 0.2) is 33.6 Å². The Bertz CT molecular complexity index is 433. The van der Waals surface area contributed by atoms with Crippen molar-refractivity contribution in [2.45, 2.75) is 17.9 Å². The van der Waals surface area contributed by atoms with Crippen molar-refractivity contribution >= 4 is 26.0 Å². The van der Waals surface area contributed by atoms with Gasteiger partial charge in [0, 0.05) is 11.0 Å². The van der Waals surface area contributed by atoms with E-state index in [9.17, 15) is 8.42 Å². The van der Waals surface area contributed by atoms with Gasteiger partial charge in [-0.05, 0) is 31.2 Å². The molecule has 0 spiro atoms. The average Bonchev–Trinajstić information content (AvgIpc) is 2.26. The smallest absolute Gasteiger partial charge is 0.240 e. The summed E-state index contributed by atoms with van der Waals surface area (Å²) in [5, 5.41) is 0. The van der Waals surface area contributed by atoms with E-state index in [2.05, 4.69) is 25.5 Å². The molecular formula is C9H13BrN2O3S. The maximum absolute atomic E-state index is 11.7. The molecule has 0 aromatic heterocycles. The largest absolute Gasteiger partial charge is 0.300 e. The number of benzene rings is 1. The average molecular weight is 309 g/mol. The lowest BCUT2D eigenvalue weighted by Crippen LogP contribution is -2.33. The molecule has 5 nitrogen and oxygen atoms in total. The van der Waals surface area contributed by atoms with Gasteiger partial charge >= 0.3 is 0 Å². The molecule has 0 fully saturated rings. The van der Waals surface area contributed by atoms with E-state index < -0.39 is 10.0 Å². The van der Waals surface area contributed by atoms with Crippen LogP contribution in [-0.2, 0) is 14.9 Å². The standard InChI is InChI=1S/C9H13BrN2O3S/c1-7(15-11)6-12-16(13,14)9-4-2-8(10)3-5-9/h2-5,7,12H,6,11H2,1H3. The number of rotatable bonds is 5.